The van der Waals surface area contributed by atoms with Crippen molar-refractivity contribution in [2.45, 2.75) is 19.3 Å². The minimum Gasteiger partial charge on any atom is -0.477 e. The molecule has 0 radical (unpaired) electrons. The molecule has 0 bridgehead atoms. The smallest absolute Gasteiger partial charge is 0.418 e. The molecular weight excluding hydrogens is 466 g/mol. The fourth-order valence-corrected chi connectivity index (χ4v) is 3.04. The number of nitrogens with one attached hydrogen (secondary N) is 1. The minimum absolute atomic E-state index is 0.0817. The van der Waals surface area contributed by atoms with Crippen LogP contribution in [0.5, 0.6) is 5.88 Å². The van der Waals surface area contributed by atoms with Gasteiger partial charge >= 0.3 is 12.4 Å². The molecule has 0 aliphatic heterocycles. The Morgan fingerprint density at radius 2 is 1.71 bits per heavy atom. The van der Waals surface area contributed by atoms with Gasteiger partial charge < -0.3 is 10.1 Å². The SMILES string of the molecule is CCOc1cc(C(F)(F)F)c(-c2ccc3c(Nc4ccc(C(F)(F)F)cn4)ccnc3n2)nn1. The van der Waals surface area contributed by atoms with Gasteiger partial charge in [-0.15, -0.1) is 10.2 Å². The molecule has 0 aliphatic rings. The van der Waals surface area contributed by atoms with E-state index in [-0.39, 0.29) is 29.6 Å². The quantitative estimate of drug-likeness (QED) is 0.369. The van der Waals surface area contributed by atoms with Crippen molar-refractivity contribution in [3.8, 4) is 17.3 Å². The van der Waals surface area contributed by atoms with Gasteiger partial charge in [0.2, 0.25) is 5.88 Å². The van der Waals surface area contributed by atoms with Gasteiger partial charge in [0.25, 0.3) is 0 Å². The van der Waals surface area contributed by atoms with Crippen LogP contribution in [-0.4, -0.2) is 31.8 Å². The normalized spacial score (nSPS) is 12.1. The molecule has 0 aromatic carbocycles. The van der Waals surface area contributed by atoms with Crippen LogP contribution in [0.15, 0.2) is 48.8 Å². The Morgan fingerprint density at radius 3 is 2.35 bits per heavy atom. The first-order valence-corrected chi connectivity index (χ1v) is 9.70. The molecule has 0 unspecified atom stereocenters. The number of rotatable bonds is 5. The van der Waals surface area contributed by atoms with Crippen molar-refractivity contribution in [3.05, 3.63) is 59.9 Å². The summed E-state index contributed by atoms with van der Waals surface area (Å²) in [6.45, 7) is 1.72. The van der Waals surface area contributed by atoms with Gasteiger partial charge in [0.05, 0.1) is 29.1 Å². The molecule has 4 heterocycles. The second-order valence-corrected chi connectivity index (χ2v) is 6.86. The van der Waals surface area contributed by atoms with Gasteiger partial charge in [0, 0.05) is 23.8 Å². The highest BCUT2D eigenvalue weighted by atomic mass is 19.4. The maximum Gasteiger partial charge on any atom is 0.418 e. The number of pyridine rings is 3. The fraction of sp³-hybridized carbons (Fsp3) is 0.190. The predicted octanol–water partition coefficient (Wildman–Crippen LogP) is 5.66. The van der Waals surface area contributed by atoms with Crippen LogP contribution in [0.25, 0.3) is 22.4 Å². The van der Waals surface area contributed by atoms with Gasteiger partial charge in [0.1, 0.15) is 11.5 Å². The van der Waals surface area contributed by atoms with Gasteiger partial charge in [-0.05, 0) is 37.3 Å². The molecule has 0 fully saturated rings. The number of alkyl halides is 6. The molecule has 4 rings (SSSR count). The lowest BCUT2D eigenvalue weighted by atomic mass is 10.1. The van der Waals surface area contributed by atoms with Gasteiger partial charge in [-0.3, -0.25) is 0 Å². The standard InChI is InChI=1S/C21H14F6N6O/c1-2-34-17-9-13(21(25,26)27)18(33-32-17)15-5-4-12-14(7-8-28-19(12)31-15)30-16-6-3-11(10-29-16)20(22,23)24/h3-10H,2H2,1H3,(H,28,29,30,31). The zero-order chi connectivity index (χ0) is 24.5. The summed E-state index contributed by atoms with van der Waals surface area (Å²) in [4.78, 5) is 12.0. The highest BCUT2D eigenvalue weighted by Gasteiger charge is 2.36. The molecule has 4 aromatic heterocycles. The summed E-state index contributed by atoms with van der Waals surface area (Å²) in [6, 6.07) is 7.09. The lowest BCUT2D eigenvalue weighted by Crippen LogP contribution is -2.11. The maximum absolute atomic E-state index is 13.6. The van der Waals surface area contributed by atoms with Gasteiger partial charge in [-0.25, -0.2) is 15.0 Å². The molecule has 0 amide bonds. The second-order valence-electron chi connectivity index (χ2n) is 6.86. The van der Waals surface area contributed by atoms with Crippen molar-refractivity contribution in [1.82, 2.24) is 25.1 Å². The molecular formula is C21H14F6N6O. The highest BCUT2D eigenvalue weighted by Crippen LogP contribution is 2.37. The average molecular weight is 480 g/mol. The molecule has 0 atom stereocenters. The van der Waals surface area contributed by atoms with E-state index < -0.39 is 29.2 Å². The third-order valence-electron chi connectivity index (χ3n) is 4.57. The number of fused-ring (bicyclic) bond motifs is 1. The van der Waals surface area contributed by atoms with E-state index in [2.05, 4.69) is 30.5 Å². The molecule has 176 valence electrons. The number of halogens is 6. The van der Waals surface area contributed by atoms with Crippen LogP contribution in [0.2, 0.25) is 0 Å². The minimum atomic E-state index is -4.74. The summed E-state index contributed by atoms with van der Waals surface area (Å²) < 4.78 is 84.1. The summed E-state index contributed by atoms with van der Waals surface area (Å²) >= 11 is 0. The molecule has 0 saturated carbocycles. The van der Waals surface area contributed by atoms with E-state index in [1.165, 1.54) is 24.4 Å². The van der Waals surface area contributed by atoms with Gasteiger partial charge in [-0.1, -0.05) is 0 Å². The molecule has 34 heavy (non-hydrogen) atoms. The third-order valence-corrected chi connectivity index (χ3v) is 4.57. The van der Waals surface area contributed by atoms with E-state index in [1.807, 2.05) is 0 Å². The van der Waals surface area contributed by atoms with Gasteiger partial charge in [0.15, 0.2) is 5.65 Å². The molecule has 4 aromatic rings. The lowest BCUT2D eigenvalue weighted by Gasteiger charge is -2.13. The Morgan fingerprint density at radius 1 is 0.912 bits per heavy atom. The van der Waals surface area contributed by atoms with E-state index in [0.29, 0.717) is 17.3 Å². The van der Waals surface area contributed by atoms with E-state index in [0.717, 1.165) is 18.2 Å². The topological polar surface area (TPSA) is 85.7 Å². The van der Waals surface area contributed by atoms with Crippen molar-refractivity contribution >= 4 is 22.5 Å². The van der Waals surface area contributed by atoms with E-state index >= 15 is 0 Å². The highest BCUT2D eigenvalue weighted by molar-refractivity contribution is 5.91. The van der Waals surface area contributed by atoms with Crippen molar-refractivity contribution in [3.63, 3.8) is 0 Å². The average Bonchev–Trinajstić information content (AvgIpc) is 2.78. The van der Waals surface area contributed by atoms with E-state index in [4.69, 9.17) is 4.74 Å². The Bertz CT molecular complexity index is 1320. The molecule has 0 aliphatic carbocycles. The largest absolute Gasteiger partial charge is 0.477 e. The molecule has 7 nitrogen and oxygen atoms in total. The summed E-state index contributed by atoms with van der Waals surface area (Å²) in [7, 11) is 0. The molecule has 1 N–H and O–H groups in total. The molecule has 0 saturated heterocycles. The first-order valence-electron chi connectivity index (χ1n) is 9.70. The number of hydrogen-bond donors (Lipinski definition) is 1. The summed E-state index contributed by atoms with van der Waals surface area (Å²) in [5, 5.41) is 10.6. The Kier molecular flexibility index (Phi) is 5.94. The lowest BCUT2D eigenvalue weighted by molar-refractivity contribution is -0.138. The predicted molar refractivity (Wildman–Crippen MR) is 109 cm³/mol. The number of anilines is 2. The van der Waals surface area contributed by atoms with Crippen LogP contribution in [0.4, 0.5) is 37.8 Å². The van der Waals surface area contributed by atoms with E-state index in [9.17, 15) is 26.3 Å². The van der Waals surface area contributed by atoms with Crippen LogP contribution in [0, 0.1) is 0 Å². The maximum atomic E-state index is 13.6. The van der Waals surface area contributed by atoms with Crippen molar-refractivity contribution in [2.24, 2.45) is 0 Å². The number of nitrogens with zero attached hydrogens (tertiary/aromatic N) is 5. The Hall–Kier alpha value is -4.03. The molecule has 0 spiro atoms. The zero-order valence-electron chi connectivity index (χ0n) is 17.2. The monoisotopic (exact) mass is 480 g/mol. The van der Waals surface area contributed by atoms with Crippen LogP contribution in [0.1, 0.15) is 18.1 Å². The first-order chi connectivity index (χ1) is 16.1. The van der Waals surface area contributed by atoms with Crippen LogP contribution in [0.3, 0.4) is 0 Å². The Balaban J connectivity index is 1.70. The third kappa shape index (κ3) is 4.82. The van der Waals surface area contributed by atoms with Crippen LogP contribution in [-0.2, 0) is 12.4 Å². The summed E-state index contributed by atoms with van der Waals surface area (Å²) in [6.07, 6.45) is -7.22. The Labute approximate surface area is 187 Å². The van der Waals surface area contributed by atoms with Crippen LogP contribution < -0.4 is 10.1 Å². The molecule has 13 heteroatoms. The zero-order valence-corrected chi connectivity index (χ0v) is 17.2. The van der Waals surface area contributed by atoms with Crippen molar-refractivity contribution < 1.29 is 31.1 Å². The van der Waals surface area contributed by atoms with Gasteiger partial charge in [-0.2, -0.15) is 26.3 Å². The van der Waals surface area contributed by atoms with Crippen molar-refractivity contribution in [1.29, 1.82) is 0 Å². The number of hydrogen-bond acceptors (Lipinski definition) is 7. The van der Waals surface area contributed by atoms with Crippen molar-refractivity contribution in [2.75, 3.05) is 11.9 Å². The van der Waals surface area contributed by atoms with E-state index in [1.54, 1.807) is 6.92 Å². The second kappa shape index (κ2) is 8.72. The fourth-order valence-electron chi connectivity index (χ4n) is 3.04. The summed E-state index contributed by atoms with van der Waals surface area (Å²) in [5.41, 5.74) is -2.11. The van der Waals surface area contributed by atoms with Crippen LogP contribution >= 0.6 is 0 Å². The first kappa shape index (κ1) is 23.1. The summed E-state index contributed by atoms with van der Waals surface area (Å²) in [5.74, 6) is -0.144. The number of aromatic nitrogens is 5. The number of ether oxygens (including phenoxy) is 1.